The fraction of sp³-hybridized carbons (Fsp3) is 1.00. The second-order valence-electron chi connectivity index (χ2n) is 3.59. The molecule has 0 radical (unpaired) electrons. The molecule has 0 nitrogen and oxygen atoms in total. The number of alkyl halides is 1. The van der Waals surface area contributed by atoms with Gasteiger partial charge in [-0.3, -0.25) is 0 Å². The predicted molar refractivity (Wildman–Crippen MR) is 46.5 cm³/mol. The molecule has 0 bridgehead atoms. The maximum absolute atomic E-state index is 5.83. The lowest BCUT2D eigenvalue weighted by molar-refractivity contribution is 0.485. The number of unbranched alkanes of at least 4 members (excludes halogenated alkanes) is 2. The standard InChI is InChI=1S/C9H17Cl/c1-2-3-4-5-9(8-10)6-7-9/h2-8H2,1H3. The van der Waals surface area contributed by atoms with E-state index in [0.29, 0.717) is 5.41 Å². The minimum Gasteiger partial charge on any atom is -0.126 e. The number of halogens is 1. The van der Waals surface area contributed by atoms with Crippen LogP contribution >= 0.6 is 11.6 Å². The lowest BCUT2D eigenvalue weighted by atomic mass is 10.0. The summed E-state index contributed by atoms with van der Waals surface area (Å²) in [5.41, 5.74) is 0.608. The Morgan fingerprint density at radius 3 is 2.40 bits per heavy atom. The SMILES string of the molecule is CCCCCC1(CCl)CC1. The Balaban J connectivity index is 2.01. The van der Waals surface area contributed by atoms with Gasteiger partial charge in [0.05, 0.1) is 0 Å². The van der Waals surface area contributed by atoms with Gasteiger partial charge in [0.25, 0.3) is 0 Å². The van der Waals surface area contributed by atoms with Crippen molar-refractivity contribution in [3.8, 4) is 0 Å². The molecule has 1 heteroatoms. The molecule has 1 aliphatic carbocycles. The fourth-order valence-electron chi connectivity index (χ4n) is 1.38. The van der Waals surface area contributed by atoms with Crippen molar-refractivity contribution < 1.29 is 0 Å². The summed E-state index contributed by atoms with van der Waals surface area (Å²) >= 11 is 5.83. The molecule has 0 aromatic carbocycles. The number of rotatable bonds is 5. The van der Waals surface area contributed by atoms with Crippen LogP contribution in [0.2, 0.25) is 0 Å². The van der Waals surface area contributed by atoms with Gasteiger partial charge in [0, 0.05) is 5.88 Å². The highest BCUT2D eigenvalue weighted by molar-refractivity contribution is 6.18. The zero-order valence-corrected chi connectivity index (χ0v) is 7.58. The molecule has 0 aromatic rings. The Labute approximate surface area is 69.0 Å². The first-order chi connectivity index (χ1) is 4.83. The van der Waals surface area contributed by atoms with Crippen molar-refractivity contribution in [1.29, 1.82) is 0 Å². The van der Waals surface area contributed by atoms with Crippen LogP contribution in [0.5, 0.6) is 0 Å². The first-order valence-corrected chi connectivity index (χ1v) is 4.92. The molecule has 0 unspecified atom stereocenters. The number of hydrogen-bond acceptors (Lipinski definition) is 0. The van der Waals surface area contributed by atoms with E-state index in [4.69, 9.17) is 11.6 Å². The number of hydrogen-bond donors (Lipinski definition) is 0. The molecule has 0 atom stereocenters. The molecule has 1 rings (SSSR count). The summed E-state index contributed by atoms with van der Waals surface area (Å²) in [6.45, 7) is 2.25. The predicted octanol–water partition coefficient (Wildman–Crippen LogP) is 3.59. The van der Waals surface area contributed by atoms with Crippen molar-refractivity contribution in [3.05, 3.63) is 0 Å². The van der Waals surface area contributed by atoms with E-state index in [0.717, 1.165) is 5.88 Å². The average Bonchev–Trinajstić information content (AvgIpc) is 2.70. The van der Waals surface area contributed by atoms with Gasteiger partial charge in [-0.2, -0.15) is 0 Å². The molecule has 0 amide bonds. The topological polar surface area (TPSA) is 0 Å². The Hall–Kier alpha value is 0.290. The quantitative estimate of drug-likeness (QED) is 0.426. The zero-order valence-electron chi connectivity index (χ0n) is 6.83. The van der Waals surface area contributed by atoms with Crippen LogP contribution in [0.25, 0.3) is 0 Å². The second kappa shape index (κ2) is 3.61. The largest absolute Gasteiger partial charge is 0.126 e. The molecular weight excluding hydrogens is 144 g/mol. The molecular formula is C9H17Cl. The maximum atomic E-state index is 5.83. The molecule has 0 spiro atoms. The van der Waals surface area contributed by atoms with E-state index in [-0.39, 0.29) is 0 Å². The van der Waals surface area contributed by atoms with Gasteiger partial charge in [-0.25, -0.2) is 0 Å². The normalized spacial score (nSPS) is 21.0. The third kappa shape index (κ3) is 2.16. The minimum absolute atomic E-state index is 0.608. The van der Waals surface area contributed by atoms with E-state index in [1.54, 1.807) is 0 Å². The van der Waals surface area contributed by atoms with Crippen LogP contribution < -0.4 is 0 Å². The van der Waals surface area contributed by atoms with E-state index >= 15 is 0 Å². The molecule has 0 N–H and O–H groups in total. The fourth-order valence-corrected chi connectivity index (χ4v) is 1.78. The molecule has 60 valence electrons. The van der Waals surface area contributed by atoms with E-state index in [2.05, 4.69) is 6.92 Å². The van der Waals surface area contributed by atoms with Gasteiger partial charge in [0.1, 0.15) is 0 Å². The van der Waals surface area contributed by atoms with Crippen LogP contribution in [0, 0.1) is 5.41 Å². The molecule has 0 aromatic heterocycles. The van der Waals surface area contributed by atoms with Gasteiger partial charge in [-0.1, -0.05) is 26.2 Å². The van der Waals surface area contributed by atoms with Gasteiger partial charge in [-0.05, 0) is 24.7 Å². The summed E-state index contributed by atoms with van der Waals surface area (Å²) in [4.78, 5) is 0. The maximum Gasteiger partial charge on any atom is 0.0280 e. The Kier molecular flexibility index (Phi) is 3.03. The molecule has 0 saturated heterocycles. The Morgan fingerprint density at radius 1 is 1.30 bits per heavy atom. The van der Waals surface area contributed by atoms with E-state index in [9.17, 15) is 0 Å². The van der Waals surface area contributed by atoms with Gasteiger partial charge >= 0.3 is 0 Å². The summed E-state index contributed by atoms with van der Waals surface area (Å²) in [5.74, 6) is 0.900. The van der Waals surface area contributed by atoms with E-state index in [1.807, 2.05) is 0 Å². The Morgan fingerprint density at radius 2 is 2.00 bits per heavy atom. The van der Waals surface area contributed by atoms with Gasteiger partial charge < -0.3 is 0 Å². The summed E-state index contributed by atoms with van der Waals surface area (Å²) < 4.78 is 0. The molecule has 0 aliphatic heterocycles. The molecule has 1 saturated carbocycles. The lowest BCUT2D eigenvalue weighted by Crippen LogP contribution is -2.00. The van der Waals surface area contributed by atoms with Crippen molar-refractivity contribution in [2.75, 3.05) is 5.88 Å². The second-order valence-corrected chi connectivity index (χ2v) is 3.86. The zero-order chi connectivity index (χ0) is 7.45. The molecule has 1 aliphatic rings. The molecule has 1 fully saturated rings. The van der Waals surface area contributed by atoms with Crippen LogP contribution in [0.3, 0.4) is 0 Å². The highest BCUT2D eigenvalue weighted by atomic mass is 35.5. The highest BCUT2D eigenvalue weighted by Gasteiger charge is 2.40. The van der Waals surface area contributed by atoms with Crippen LogP contribution in [0.15, 0.2) is 0 Å². The monoisotopic (exact) mass is 160 g/mol. The minimum atomic E-state index is 0.608. The van der Waals surface area contributed by atoms with E-state index < -0.39 is 0 Å². The molecule has 0 heterocycles. The summed E-state index contributed by atoms with van der Waals surface area (Å²) in [6, 6.07) is 0. The first kappa shape index (κ1) is 8.39. The van der Waals surface area contributed by atoms with E-state index in [1.165, 1.54) is 38.5 Å². The van der Waals surface area contributed by atoms with Crippen molar-refractivity contribution >= 4 is 11.6 Å². The first-order valence-electron chi connectivity index (χ1n) is 4.39. The smallest absolute Gasteiger partial charge is 0.0280 e. The van der Waals surface area contributed by atoms with Crippen LogP contribution in [-0.2, 0) is 0 Å². The van der Waals surface area contributed by atoms with Crippen LogP contribution in [-0.4, -0.2) is 5.88 Å². The summed E-state index contributed by atoms with van der Waals surface area (Å²) in [7, 11) is 0. The van der Waals surface area contributed by atoms with Crippen LogP contribution in [0.1, 0.15) is 45.4 Å². The summed E-state index contributed by atoms with van der Waals surface area (Å²) in [5, 5.41) is 0. The van der Waals surface area contributed by atoms with Gasteiger partial charge in [0.15, 0.2) is 0 Å². The van der Waals surface area contributed by atoms with Crippen molar-refractivity contribution in [1.82, 2.24) is 0 Å². The van der Waals surface area contributed by atoms with Gasteiger partial charge in [-0.15, -0.1) is 11.6 Å². The van der Waals surface area contributed by atoms with Gasteiger partial charge in [0.2, 0.25) is 0 Å². The van der Waals surface area contributed by atoms with Crippen molar-refractivity contribution in [2.45, 2.75) is 45.4 Å². The third-order valence-electron chi connectivity index (χ3n) is 2.55. The summed E-state index contributed by atoms with van der Waals surface area (Å²) in [6.07, 6.45) is 8.27. The molecule has 10 heavy (non-hydrogen) atoms. The average molecular weight is 161 g/mol. The third-order valence-corrected chi connectivity index (χ3v) is 3.12. The van der Waals surface area contributed by atoms with Crippen molar-refractivity contribution in [2.24, 2.45) is 5.41 Å². The van der Waals surface area contributed by atoms with Crippen LogP contribution in [0.4, 0.5) is 0 Å². The van der Waals surface area contributed by atoms with Crippen molar-refractivity contribution in [3.63, 3.8) is 0 Å². The highest BCUT2D eigenvalue weighted by Crippen LogP contribution is 2.50. The lowest BCUT2D eigenvalue weighted by Gasteiger charge is -2.08. The Bertz CT molecular complexity index is 94.9.